The second kappa shape index (κ2) is 4.78. The number of rotatable bonds is 4. The van der Waals surface area contributed by atoms with Crippen LogP contribution in [0.5, 0.6) is 0 Å². The zero-order valence-corrected chi connectivity index (χ0v) is 10.5. The molecule has 1 heterocycles. The Labute approximate surface area is 99.1 Å². The van der Waals surface area contributed by atoms with E-state index < -0.39 is 0 Å². The lowest BCUT2D eigenvalue weighted by atomic mass is 10.3. The van der Waals surface area contributed by atoms with Gasteiger partial charge in [0.2, 0.25) is 0 Å². The number of nitrogens with zero attached hydrogens (tertiary/aromatic N) is 2. The van der Waals surface area contributed by atoms with Gasteiger partial charge in [0.1, 0.15) is 0 Å². The number of fused-ring (bicyclic) bond motifs is 1. The van der Waals surface area contributed by atoms with E-state index in [-0.39, 0.29) is 5.69 Å². The summed E-state index contributed by atoms with van der Waals surface area (Å²) in [5.41, 5.74) is 2.19. The summed E-state index contributed by atoms with van der Waals surface area (Å²) in [6.45, 7) is 3.52. The number of hydrogen-bond acceptors (Lipinski definition) is 2. The van der Waals surface area contributed by atoms with E-state index in [1.165, 1.54) is 0 Å². The van der Waals surface area contributed by atoms with Crippen molar-refractivity contribution in [3.05, 3.63) is 34.7 Å². The Bertz CT molecular complexity index is 541. The summed E-state index contributed by atoms with van der Waals surface area (Å²) < 4.78 is 3.70. The van der Waals surface area contributed by atoms with Gasteiger partial charge >= 0.3 is 5.69 Å². The Kier molecular flexibility index (Phi) is 3.39. The second-order valence-corrected chi connectivity index (χ2v) is 4.65. The number of hydrogen-bond donors (Lipinski definition) is 0. The first-order valence-electron chi connectivity index (χ1n) is 5.46. The van der Waals surface area contributed by atoms with E-state index >= 15 is 0 Å². The number of imidazole rings is 1. The van der Waals surface area contributed by atoms with Crippen LogP contribution in [0.1, 0.15) is 6.92 Å². The summed E-state index contributed by atoms with van der Waals surface area (Å²) in [5, 5.41) is 0. The first-order valence-corrected chi connectivity index (χ1v) is 6.86. The van der Waals surface area contributed by atoms with Crippen LogP contribution in [0.3, 0.4) is 0 Å². The van der Waals surface area contributed by atoms with Gasteiger partial charge in [0, 0.05) is 18.8 Å². The Hall–Kier alpha value is -1.16. The van der Waals surface area contributed by atoms with Gasteiger partial charge in [0.05, 0.1) is 11.0 Å². The number of benzene rings is 1. The maximum atomic E-state index is 12.1. The molecular formula is C12H16N2OS. The Morgan fingerprint density at radius 3 is 2.38 bits per heavy atom. The molecule has 0 spiro atoms. The van der Waals surface area contributed by atoms with E-state index in [0.29, 0.717) is 0 Å². The molecule has 0 unspecified atom stereocenters. The Morgan fingerprint density at radius 1 is 1.19 bits per heavy atom. The van der Waals surface area contributed by atoms with E-state index in [1.54, 1.807) is 11.8 Å². The van der Waals surface area contributed by atoms with Crippen molar-refractivity contribution in [3.8, 4) is 0 Å². The van der Waals surface area contributed by atoms with Crippen LogP contribution >= 0.6 is 11.8 Å². The summed E-state index contributed by atoms with van der Waals surface area (Å²) in [6.07, 6.45) is 2.06. The minimum Gasteiger partial charge on any atom is -0.292 e. The van der Waals surface area contributed by atoms with Crippen LogP contribution in [-0.2, 0) is 13.1 Å². The Morgan fingerprint density at radius 2 is 1.81 bits per heavy atom. The molecule has 0 bridgehead atoms. The molecule has 0 aliphatic heterocycles. The van der Waals surface area contributed by atoms with Gasteiger partial charge in [-0.25, -0.2) is 4.79 Å². The summed E-state index contributed by atoms with van der Waals surface area (Å²) >= 11 is 1.76. The number of para-hydroxylation sites is 2. The summed E-state index contributed by atoms with van der Waals surface area (Å²) in [4.78, 5) is 12.1. The lowest BCUT2D eigenvalue weighted by Gasteiger charge is -2.00. The molecule has 86 valence electrons. The Balaban J connectivity index is 2.63. The summed E-state index contributed by atoms with van der Waals surface area (Å²) in [6, 6.07) is 7.99. The molecule has 0 amide bonds. The molecule has 1 aromatic heterocycles. The van der Waals surface area contributed by atoms with E-state index in [4.69, 9.17) is 0 Å². The summed E-state index contributed by atoms with van der Waals surface area (Å²) in [7, 11) is 0. The second-order valence-electron chi connectivity index (χ2n) is 3.66. The largest absolute Gasteiger partial charge is 0.329 e. The van der Waals surface area contributed by atoms with Gasteiger partial charge in [0.15, 0.2) is 0 Å². The lowest BCUT2D eigenvalue weighted by Crippen LogP contribution is -2.24. The van der Waals surface area contributed by atoms with E-state index in [2.05, 4.69) is 6.26 Å². The lowest BCUT2D eigenvalue weighted by molar-refractivity contribution is 0.674. The third-order valence-corrected chi connectivity index (χ3v) is 3.35. The minimum atomic E-state index is 0.109. The predicted octanol–water partition coefficient (Wildman–Crippen LogP) is 2.19. The molecule has 0 radical (unpaired) electrons. The minimum absolute atomic E-state index is 0.109. The molecule has 16 heavy (non-hydrogen) atoms. The molecule has 4 heteroatoms. The van der Waals surface area contributed by atoms with Gasteiger partial charge in [0.25, 0.3) is 0 Å². The highest BCUT2D eigenvalue weighted by atomic mass is 32.2. The van der Waals surface area contributed by atoms with Crippen LogP contribution in [0.2, 0.25) is 0 Å². The maximum absolute atomic E-state index is 12.1. The van der Waals surface area contributed by atoms with E-state index in [0.717, 1.165) is 29.9 Å². The number of aryl methyl sites for hydroxylation is 2. The molecule has 2 rings (SSSR count). The zero-order chi connectivity index (χ0) is 11.5. The fraction of sp³-hybridized carbons (Fsp3) is 0.417. The molecule has 0 N–H and O–H groups in total. The predicted molar refractivity (Wildman–Crippen MR) is 70.3 cm³/mol. The van der Waals surface area contributed by atoms with Crippen LogP contribution in [-0.4, -0.2) is 21.1 Å². The first kappa shape index (κ1) is 11.3. The summed E-state index contributed by atoms with van der Waals surface area (Å²) in [5.74, 6) is 0.970. The van der Waals surface area contributed by atoms with E-state index in [9.17, 15) is 4.79 Å². The van der Waals surface area contributed by atoms with Crippen molar-refractivity contribution in [2.45, 2.75) is 20.0 Å². The van der Waals surface area contributed by atoms with Crippen molar-refractivity contribution in [3.63, 3.8) is 0 Å². The van der Waals surface area contributed by atoms with Crippen molar-refractivity contribution in [1.29, 1.82) is 0 Å². The highest BCUT2D eigenvalue weighted by Gasteiger charge is 2.10. The molecule has 0 aliphatic carbocycles. The highest BCUT2D eigenvalue weighted by molar-refractivity contribution is 7.98. The average Bonchev–Trinajstić information content (AvgIpc) is 2.58. The fourth-order valence-electron chi connectivity index (χ4n) is 1.98. The first-order chi connectivity index (χ1) is 7.79. The van der Waals surface area contributed by atoms with E-state index in [1.807, 2.05) is 40.3 Å². The molecule has 3 nitrogen and oxygen atoms in total. The molecule has 0 fully saturated rings. The topological polar surface area (TPSA) is 26.9 Å². The molecular weight excluding hydrogens is 220 g/mol. The molecule has 0 saturated carbocycles. The average molecular weight is 236 g/mol. The van der Waals surface area contributed by atoms with Gasteiger partial charge in [-0.15, -0.1) is 0 Å². The molecule has 1 aromatic carbocycles. The molecule has 0 aliphatic rings. The normalized spacial score (nSPS) is 11.1. The fourth-order valence-corrected chi connectivity index (χ4v) is 2.34. The third-order valence-electron chi connectivity index (χ3n) is 2.76. The van der Waals surface area contributed by atoms with Crippen LogP contribution < -0.4 is 5.69 Å². The SMILES string of the molecule is CCn1c(=O)n(CCSC)c2ccccc21. The number of thioether (sulfide) groups is 1. The van der Waals surface area contributed by atoms with Crippen molar-refractivity contribution < 1.29 is 0 Å². The van der Waals surface area contributed by atoms with Crippen LogP contribution in [0.15, 0.2) is 29.1 Å². The van der Waals surface area contributed by atoms with Gasteiger partial charge in [-0.05, 0) is 25.3 Å². The van der Waals surface area contributed by atoms with Crippen molar-refractivity contribution in [2.24, 2.45) is 0 Å². The van der Waals surface area contributed by atoms with Gasteiger partial charge in [-0.3, -0.25) is 9.13 Å². The quantitative estimate of drug-likeness (QED) is 0.813. The van der Waals surface area contributed by atoms with Crippen LogP contribution in [0, 0.1) is 0 Å². The van der Waals surface area contributed by atoms with Crippen LogP contribution in [0.4, 0.5) is 0 Å². The van der Waals surface area contributed by atoms with Gasteiger partial charge < -0.3 is 0 Å². The van der Waals surface area contributed by atoms with Gasteiger partial charge in [-0.2, -0.15) is 11.8 Å². The van der Waals surface area contributed by atoms with Gasteiger partial charge in [-0.1, -0.05) is 12.1 Å². The monoisotopic (exact) mass is 236 g/mol. The zero-order valence-electron chi connectivity index (χ0n) is 9.64. The highest BCUT2D eigenvalue weighted by Crippen LogP contribution is 2.12. The standard InChI is InChI=1S/C12H16N2OS/c1-3-13-10-6-4-5-7-11(10)14(12(13)15)8-9-16-2/h4-7H,3,8-9H2,1-2H3. The number of aromatic nitrogens is 2. The molecule has 0 saturated heterocycles. The maximum Gasteiger partial charge on any atom is 0.329 e. The molecule has 0 atom stereocenters. The third kappa shape index (κ3) is 1.78. The van der Waals surface area contributed by atoms with Crippen molar-refractivity contribution >= 4 is 22.8 Å². The van der Waals surface area contributed by atoms with Crippen LogP contribution in [0.25, 0.3) is 11.0 Å². The van der Waals surface area contributed by atoms with Crippen molar-refractivity contribution in [2.75, 3.05) is 12.0 Å². The van der Waals surface area contributed by atoms with Crippen molar-refractivity contribution in [1.82, 2.24) is 9.13 Å². The smallest absolute Gasteiger partial charge is 0.292 e. The molecule has 2 aromatic rings.